The SMILES string of the molecule is CC(C)OC(=O)C(C)NP(=S)(OC[C@H]1O[C@@H](n2ccc(=O)[nH]c2=O)C(C)(O)C1O)Oc1ccccc1. The van der Waals surface area contributed by atoms with Crippen LogP contribution in [0, 0.1) is 0 Å². The first kappa shape index (κ1) is 28.2. The van der Waals surface area contributed by atoms with E-state index in [2.05, 4.69) is 10.1 Å². The molecule has 198 valence electrons. The van der Waals surface area contributed by atoms with Gasteiger partial charge in [-0.05, 0) is 51.6 Å². The first-order valence-corrected chi connectivity index (χ1v) is 13.8. The molecule has 3 rings (SSSR count). The lowest BCUT2D eigenvalue weighted by Gasteiger charge is -2.28. The van der Waals surface area contributed by atoms with Crippen LogP contribution in [-0.2, 0) is 30.6 Å². The van der Waals surface area contributed by atoms with Gasteiger partial charge in [-0.2, -0.15) is 0 Å². The van der Waals surface area contributed by atoms with Crippen molar-refractivity contribution in [1.82, 2.24) is 14.6 Å². The molecule has 0 amide bonds. The van der Waals surface area contributed by atoms with Crippen molar-refractivity contribution in [3.63, 3.8) is 0 Å². The van der Waals surface area contributed by atoms with Crippen molar-refractivity contribution in [3.8, 4) is 5.75 Å². The molecular formula is C22H30N3O9PS. The maximum absolute atomic E-state index is 12.4. The monoisotopic (exact) mass is 543 g/mol. The zero-order chi connectivity index (χ0) is 26.7. The minimum atomic E-state index is -3.43. The summed E-state index contributed by atoms with van der Waals surface area (Å²) in [5.74, 6) is -0.174. The molecule has 1 fully saturated rings. The molecule has 14 heteroatoms. The third-order valence-electron chi connectivity index (χ3n) is 5.29. The Labute approximate surface area is 212 Å². The predicted molar refractivity (Wildman–Crippen MR) is 133 cm³/mol. The number of H-pyrrole nitrogens is 1. The number of aliphatic hydroxyl groups excluding tert-OH is 1. The second kappa shape index (κ2) is 11.3. The van der Waals surface area contributed by atoms with Gasteiger partial charge in [0.2, 0.25) is 0 Å². The van der Waals surface area contributed by atoms with Gasteiger partial charge < -0.3 is 28.7 Å². The molecule has 0 aliphatic carbocycles. The Morgan fingerprint density at radius 3 is 2.56 bits per heavy atom. The Balaban J connectivity index is 1.80. The molecule has 1 aromatic carbocycles. The highest BCUT2D eigenvalue weighted by Crippen LogP contribution is 2.47. The zero-order valence-electron chi connectivity index (χ0n) is 20.2. The van der Waals surface area contributed by atoms with Crippen LogP contribution in [0.2, 0.25) is 0 Å². The van der Waals surface area contributed by atoms with Gasteiger partial charge in [-0.3, -0.25) is 19.1 Å². The molecule has 1 saturated heterocycles. The number of aliphatic hydroxyl groups is 2. The van der Waals surface area contributed by atoms with Crippen LogP contribution in [0.5, 0.6) is 5.75 Å². The number of nitrogens with one attached hydrogen (secondary N) is 2. The van der Waals surface area contributed by atoms with E-state index in [4.69, 9.17) is 30.3 Å². The van der Waals surface area contributed by atoms with E-state index in [1.54, 1.807) is 51.1 Å². The van der Waals surface area contributed by atoms with E-state index >= 15 is 0 Å². The summed E-state index contributed by atoms with van der Waals surface area (Å²) in [6.07, 6.45) is -3.14. The van der Waals surface area contributed by atoms with E-state index in [0.717, 1.165) is 16.8 Å². The molecule has 0 saturated carbocycles. The van der Waals surface area contributed by atoms with Crippen LogP contribution >= 0.6 is 6.64 Å². The molecule has 2 heterocycles. The molecule has 0 spiro atoms. The maximum atomic E-state index is 12.4. The number of rotatable bonds is 10. The molecule has 36 heavy (non-hydrogen) atoms. The van der Waals surface area contributed by atoms with Gasteiger partial charge in [-0.25, -0.2) is 9.88 Å². The molecule has 6 atom stereocenters. The maximum Gasteiger partial charge on any atom is 0.330 e. The van der Waals surface area contributed by atoms with Gasteiger partial charge in [0, 0.05) is 12.3 Å². The average Bonchev–Trinajstić information content (AvgIpc) is 3.01. The smallest absolute Gasteiger partial charge is 0.330 e. The van der Waals surface area contributed by atoms with Gasteiger partial charge in [-0.15, -0.1) is 0 Å². The van der Waals surface area contributed by atoms with E-state index in [0.29, 0.717) is 5.75 Å². The van der Waals surface area contributed by atoms with Crippen molar-refractivity contribution >= 4 is 24.4 Å². The minimum absolute atomic E-state index is 0.340. The van der Waals surface area contributed by atoms with Gasteiger partial charge >= 0.3 is 18.3 Å². The van der Waals surface area contributed by atoms with Crippen molar-refractivity contribution < 1.29 is 33.5 Å². The van der Waals surface area contributed by atoms with Crippen molar-refractivity contribution in [2.75, 3.05) is 6.61 Å². The van der Waals surface area contributed by atoms with Crippen LogP contribution in [0.3, 0.4) is 0 Å². The Bertz CT molecular complexity index is 1220. The number of carbonyl (C=O) groups excluding carboxylic acids is 1. The minimum Gasteiger partial charge on any atom is -0.462 e. The number of aromatic amines is 1. The summed E-state index contributed by atoms with van der Waals surface area (Å²) < 4.78 is 23.7. The van der Waals surface area contributed by atoms with Gasteiger partial charge in [0.05, 0.1) is 12.7 Å². The van der Waals surface area contributed by atoms with E-state index in [1.807, 2.05) is 0 Å². The molecule has 2 aromatic rings. The number of hydrogen-bond acceptors (Lipinski definition) is 10. The largest absolute Gasteiger partial charge is 0.462 e. The third-order valence-corrected chi connectivity index (χ3v) is 7.79. The fourth-order valence-electron chi connectivity index (χ4n) is 3.50. The fraction of sp³-hybridized carbons (Fsp3) is 0.500. The van der Waals surface area contributed by atoms with Crippen LogP contribution in [0.4, 0.5) is 0 Å². The molecule has 0 bridgehead atoms. The first-order valence-electron chi connectivity index (χ1n) is 11.2. The number of carbonyl (C=O) groups is 1. The number of ether oxygens (including phenoxy) is 2. The number of esters is 1. The Kier molecular flexibility index (Phi) is 8.88. The summed E-state index contributed by atoms with van der Waals surface area (Å²) in [7, 11) is 0. The summed E-state index contributed by atoms with van der Waals surface area (Å²) in [5.41, 5.74) is -3.36. The zero-order valence-corrected chi connectivity index (χ0v) is 21.9. The number of para-hydroxylation sites is 1. The van der Waals surface area contributed by atoms with Crippen molar-refractivity contribution in [2.45, 2.75) is 63.9 Å². The van der Waals surface area contributed by atoms with E-state index in [9.17, 15) is 24.6 Å². The van der Waals surface area contributed by atoms with Crippen LogP contribution in [-0.4, -0.2) is 62.3 Å². The Hall–Kier alpha value is -2.38. The quantitative estimate of drug-likeness (QED) is 0.248. The second-order valence-electron chi connectivity index (χ2n) is 8.75. The fourth-order valence-corrected chi connectivity index (χ4v) is 5.91. The lowest BCUT2D eigenvalue weighted by Crippen LogP contribution is -2.47. The van der Waals surface area contributed by atoms with E-state index < -0.39 is 53.9 Å². The summed E-state index contributed by atoms with van der Waals surface area (Å²) >= 11 is 5.63. The molecule has 1 aliphatic heterocycles. The highest BCUT2D eigenvalue weighted by Gasteiger charge is 2.53. The average molecular weight is 544 g/mol. The topological polar surface area (TPSA) is 161 Å². The van der Waals surface area contributed by atoms with Crippen LogP contribution < -0.4 is 20.9 Å². The number of aromatic nitrogens is 2. The van der Waals surface area contributed by atoms with Gasteiger partial charge in [0.1, 0.15) is 29.6 Å². The van der Waals surface area contributed by atoms with Crippen molar-refractivity contribution in [1.29, 1.82) is 0 Å². The predicted octanol–water partition coefficient (Wildman–Crippen LogP) is 0.796. The highest BCUT2D eigenvalue weighted by molar-refractivity contribution is 8.09. The van der Waals surface area contributed by atoms with E-state index in [-0.39, 0.29) is 12.7 Å². The van der Waals surface area contributed by atoms with Gasteiger partial charge in [0.15, 0.2) is 6.23 Å². The summed E-state index contributed by atoms with van der Waals surface area (Å²) in [5, 5.41) is 24.5. The first-order chi connectivity index (χ1) is 16.8. The van der Waals surface area contributed by atoms with E-state index in [1.165, 1.54) is 6.92 Å². The van der Waals surface area contributed by atoms with Crippen molar-refractivity contribution in [3.05, 3.63) is 63.4 Å². The Morgan fingerprint density at radius 1 is 1.28 bits per heavy atom. The normalized spacial score (nSPS) is 26.4. The Morgan fingerprint density at radius 2 is 1.94 bits per heavy atom. The summed E-state index contributed by atoms with van der Waals surface area (Å²) in [4.78, 5) is 38.1. The van der Waals surface area contributed by atoms with Gasteiger partial charge in [-0.1, -0.05) is 18.2 Å². The molecular weight excluding hydrogens is 513 g/mol. The molecule has 4 N–H and O–H groups in total. The molecule has 4 unspecified atom stereocenters. The molecule has 12 nitrogen and oxygen atoms in total. The highest BCUT2D eigenvalue weighted by atomic mass is 32.5. The number of nitrogens with zero attached hydrogens (tertiary/aromatic N) is 1. The van der Waals surface area contributed by atoms with Crippen LogP contribution in [0.1, 0.15) is 33.9 Å². The number of hydrogen-bond donors (Lipinski definition) is 4. The standard InChI is InChI=1S/C22H30N3O9PS/c1-13(2)32-19(28)14(3)24-35(36,34-15-8-6-5-7-9-15)31-12-16-18(27)22(4,30)20(33-16)25-11-10-17(26)23-21(25)29/h5-11,13-14,16,18,20,27,30H,12H2,1-4H3,(H,24,36)(H,23,26,29)/t14?,16-,18?,20-,22?,35?/m1/s1. The van der Waals surface area contributed by atoms with Crippen LogP contribution in [0.15, 0.2) is 52.2 Å². The second-order valence-corrected chi connectivity index (χ2v) is 11.9. The van der Waals surface area contributed by atoms with Crippen molar-refractivity contribution in [2.24, 2.45) is 0 Å². The van der Waals surface area contributed by atoms with Gasteiger partial charge in [0.25, 0.3) is 5.56 Å². The molecule has 1 aromatic heterocycles. The lowest BCUT2D eigenvalue weighted by atomic mass is 9.96. The summed E-state index contributed by atoms with van der Waals surface area (Å²) in [6.45, 7) is 2.49. The van der Waals surface area contributed by atoms with Crippen LogP contribution in [0.25, 0.3) is 0 Å². The number of benzene rings is 1. The molecule has 1 aliphatic rings. The lowest BCUT2D eigenvalue weighted by molar-refractivity contribution is -0.149. The molecule has 0 radical (unpaired) electrons. The third kappa shape index (κ3) is 6.68. The summed E-state index contributed by atoms with van der Waals surface area (Å²) in [6, 6.07) is 8.79.